The molecular formula is C8H11BO. The van der Waals surface area contributed by atoms with Gasteiger partial charge in [0.25, 0.3) is 0 Å². The molecule has 10 heavy (non-hydrogen) atoms. The Labute approximate surface area is 63.5 Å². The van der Waals surface area contributed by atoms with E-state index in [0.717, 1.165) is 0 Å². The third kappa shape index (κ3) is 5.46. The summed E-state index contributed by atoms with van der Waals surface area (Å²) in [6, 6.07) is 0. The van der Waals surface area contributed by atoms with Crippen molar-refractivity contribution in [1.29, 1.82) is 0 Å². The molecule has 2 radical (unpaired) electrons. The zero-order valence-electron chi connectivity index (χ0n) is 6.01. The Bertz CT molecular complexity index is 143. The van der Waals surface area contributed by atoms with E-state index in [0.29, 0.717) is 19.2 Å². The van der Waals surface area contributed by atoms with Crippen LogP contribution in [0.4, 0.5) is 0 Å². The average molecular weight is 134 g/mol. The first-order chi connectivity index (χ1) is 4.81. The largest absolute Gasteiger partial charge is 0.392 e. The van der Waals surface area contributed by atoms with E-state index >= 15 is 0 Å². The molecule has 1 nitrogen and oxygen atoms in total. The Morgan fingerprint density at radius 3 is 2.80 bits per heavy atom. The van der Waals surface area contributed by atoms with Crippen molar-refractivity contribution >= 4 is 7.85 Å². The first kappa shape index (κ1) is 9.32. The highest BCUT2D eigenvalue weighted by atomic mass is 16.3. The molecule has 0 bridgehead atoms. The van der Waals surface area contributed by atoms with Crippen molar-refractivity contribution in [3.63, 3.8) is 0 Å². The summed E-state index contributed by atoms with van der Waals surface area (Å²) in [5, 5.41) is 9.06. The second kappa shape index (κ2) is 6.45. The fourth-order valence-electron chi connectivity index (χ4n) is 0.538. The van der Waals surface area contributed by atoms with Gasteiger partial charge < -0.3 is 5.11 Å². The summed E-state index contributed by atoms with van der Waals surface area (Å²) in [4.78, 5) is 0. The smallest absolute Gasteiger partial charge is 0.0827 e. The molecule has 0 aliphatic heterocycles. The summed E-state index contributed by atoms with van der Waals surface area (Å²) in [7, 11) is 5.11. The van der Waals surface area contributed by atoms with Crippen LogP contribution in [0.2, 0.25) is 6.32 Å². The molecule has 0 aromatic rings. The highest BCUT2D eigenvalue weighted by molar-refractivity contribution is 6.10. The minimum atomic E-state index is -0.378. The minimum Gasteiger partial charge on any atom is -0.392 e. The maximum absolute atomic E-state index is 9.06. The molecule has 0 saturated carbocycles. The van der Waals surface area contributed by atoms with E-state index in [1.165, 1.54) is 0 Å². The lowest BCUT2D eigenvalue weighted by atomic mass is 10.1. The molecular weight excluding hydrogens is 123 g/mol. The van der Waals surface area contributed by atoms with Gasteiger partial charge in [-0.05, 0) is 12.7 Å². The number of aliphatic hydroxyl groups is 1. The van der Waals surface area contributed by atoms with Crippen molar-refractivity contribution < 1.29 is 5.11 Å². The maximum Gasteiger partial charge on any atom is 0.0827 e. The van der Waals surface area contributed by atoms with Crippen LogP contribution in [0.3, 0.4) is 0 Å². The van der Waals surface area contributed by atoms with Gasteiger partial charge in [-0.2, -0.15) is 0 Å². The van der Waals surface area contributed by atoms with Gasteiger partial charge in [-0.15, -0.1) is 18.4 Å². The topological polar surface area (TPSA) is 20.2 Å². The Morgan fingerprint density at radius 2 is 2.30 bits per heavy atom. The average Bonchev–Trinajstić information content (AvgIpc) is 1.89. The van der Waals surface area contributed by atoms with Gasteiger partial charge in [-0.3, -0.25) is 0 Å². The molecule has 52 valence electrons. The quantitative estimate of drug-likeness (QED) is 0.345. The first-order valence-corrected chi connectivity index (χ1v) is 3.26. The molecule has 1 atom stereocenters. The number of rotatable bonds is 3. The highest BCUT2D eigenvalue weighted by Gasteiger charge is 1.95. The number of hydrogen-bond donors (Lipinski definition) is 1. The van der Waals surface area contributed by atoms with Gasteiger partial charge in [-0.1, -0.05) is 6.08 Å². The van der Waals surface area contributed by atoms with E-state index in [1.54, 1.807) is 6.08 Å². The fraction of sp³-hybridized carbons (Fsp3) is 0.500. The summed E-state index contributed by atoms with van der Waals surface area (Å²) in [6.07, 6.45) is 2.74. The molecule has 1 N–H and O–H groups in total. The van der Waals surface area contributed by atoms with Crippen molar-refractivity contribution in [3.8, 4) is 11.8 Å². The number of hydrogen-bond acceptors (Lipinski definition) is 1. The second-order valence-electron chi connectivity index (χ2n) is 1.94. The lowest BCUT2D eigenvalue weighted by Gasteiger charge is -1.99. The standard InChI is InChI=1S/C8H11BO/c1-2-5-8(10)6-3-4-7-9/h2,8,10H,1,5-7H2. The van der Waals surface area contributed by atoms with Crippen LogP contribution in [0.1, 0.15) is 12.8 Å². The molecule has 2 heteroatoms. The summed E-state index contributed by atoms with van der Waals surface area (Å²) in [5.41, 5.74) is 0. The maximum atomic E-state index is 9.06. The summed E-state index contributed by atoms with van der Waals surface area (Å²) in [5.74, 6) is 5.42. The van der Waals surface area contributed by atoms with Crippen LogP contribution in [0.15, 0.2) is 12.7 Å². The van der Waals surface area contributed by atoms with E-state index in [2.05, 4.69) is 18.4 Å². The van der Waals surface area contributed by atoms with E-state index < -0.39 is 0 Å². The Hall–Kier alpha value is -0.675. The predicted molar refractivity (Wildman–Crippen MR) is 43.8 cm³/mol. The lowest BCUT2D eigenvalue weighted by molar-refractivity contribution is 0.184. The molecule has 0 aliphatic carbocycles. The molecule has 0 rings (SSSR count). The normalized spacial score (nSPS) is 11.3. The summed E-state index contributed by atoms with van der Waals surface area (Å²) < 4.78 is 0. The molecule has 0 amide bonds. The van der Waals surface area contributed by atoms with Gasteiger partial charge in [0, 0.05) is 6.42 Å². The first-order valence-electron chi connectivity index (χ1n) is 3.26. The monoisotopic (exact) mass is 134 g/mol. The van der Waals surface area contributed by atoms with Gasteiger partial charge >= 0.3 is 0 Å². The van der Waals surface area contributed by atoms with Crippen LogP contribution in [-0.2, 0) is 0 Å². The van der Waals surface area contributed by atoms with E-state index in [-0.39, 0.29) is 6.10 Å². The van der Waals surface area contributed by atoms with Crippen molar-refractivity contribution in [1.82, 2.24) is 0 Å². The van der Waals surface area contributed by atoms with Gasteiger partial charge in [0.15, 0.2) is 0 Å². The molecule has 1 unspecified atom stereocenters. The number of aliphatic hydroxyl groups excluding tert-OH is 1. The third-order valence-electron chi connectivity index (χ3n) is 1.00. The highest BCUT2D eigenvalue weighted by Crippen LogP contribution is 1.95. The second-order valence-corrected chi connectivity index (χ2v) is 1.94. The van der Waals surface area contributed by atoms with Crippen LogP contribution in [0, 0.1) is 11.8 Å². The Balaban J connectivity index is 3.37. The zero-order chi connectivity index (χ0) is 7.82. The zero-order valence-corrected chi connectivity index (χ0v) is 6.01. The van der Waals surface area contributed by atoms with Gasteiger partial charge in [-0.25, -0.2) is 0 Å². The Morgan fingerprint density at radius 1 is 1.60 bits per heavy atom. The fourth-order valence-corrected chi connectivity index (χ4v) is 0.538. The van der Waals surface area contributed by atoms with Crippen LogP contribution >= 0.6 is 0 Å². The van der Waals surface area contributed by atoms with Gasteiger partial charge in [0.1, 0.15) is 0 Å². The van der Waals surface area contributed by atoms with E-state index in [4.69, 9.17) is 13.0 Å². The molecule has 0 heterocycles. The van der Waals surface area contributed by atoms with Crippen molar-refractivity contribution in [2.24, 2.45) is 0 Å². The lowest BCUT2D eigenvalue weighted by Crippen LogP contribution is -2.02. The van der Waals surface area contributed by atoms with E-state index in [9.17, 15) is 0 Å². The SMILES string of the molecule is [B]CC#CCC(O)CC=C. The molecule has 0 aromatic carbocycles. The van der Waals surface area contributed by atoms with Crippen LogP contribution in [-0.4, -0.2) is 19.1 Å². The molecule has 0 aromatic heterocycles. The van der Waals surface area contributed by atoms with Crippen LogP contribution in [0.5, 0.6) is 0 Å². The van der Waals surface area contributed by atoms with Gasteiger partial charge in [0.05, 0.1) is 14.0 Å². The van der Waals surface area contributed by atoms with Crippen LogP contribution in [0.25, 0.3) is 0 Å². The minimum absolute atomic E-state index is 0.362. The molecule has 0 aliphatic rings. The van der Waals surface area contributed by atoms with Crippen molar-refractivity contribution in [2.75, 3.05) is 0 Å². The predicted octanol–water partition coefficient (Wildman–Crippen LogP) is 0.904. The van der Waals surface area contributed by atoms with Crippen molar-refractivity contribution in [3.05, 3.63) is 12.7 Å². The van der Waals surface area contributed by atoms with E-state index in [1.807, 2.05) is 0 Å². The third-order valence-corrected chi connectivity index (χ3v) is 1.00. The molecule has 0 saturated heterocycles. The Kier molecular flexibility index (Phi) is 6.01. The van der Waals surface area contributed by atoms with Crippen LogP contribution < -0.4 is 0 Å². The summed E-state index contributed by atoms with van der Waals surface area (Å²) in [6.45, 7) is 3.50. The van der Waals surface area contributed by atoms with Crippen molar-refractivity contribution in [2.45, 2.75) is 25.3 Å². The molecule has 0 spiro atoms. The van der Waals surface area contributed by atoms with Gasteiger partial charge in [0.2, 0.25) is 0 Å². The summed E-state index contributed by atoms with van der Waals surface area (Å²) >= 11 is 0. The molecule has 0 fully saturated rings.